The normalized spacial score (nSPS) is 18.1. The number of aryl methyl sites for hydroxylation is 2. The minimum absolute atomic E-state index is 0.0406. The van der Waals surface area contributed by atoms with E-state index in [2.05, 4.69) is 10.2 Å². The molecule has 2 aromatic heterocycles. The van der Waals surface area contributed by atoms with Gasteiger partial charge in [-0.3, -0.25) is 9.69 Å². The Bertz CT molecular complexity index is 1140. The summed E-state index contributed by atoms with van der Waals surface area (Å²) in [5, 5.41) is 4.12. The van der Waals surface area contributed by atoms with Crippen LogP contribution in [-0.4, -0.2) is 53.6 Å². The van der Waals surface area contributed by atoms with Crippen LogP contribution in [0.1, 0.15) is 57.1 Å². The highest BCUT2D eigenvalue weighted by Crippen LogP contribution is 2.40. The van der Waals surface area contributed by atoms with Crippen molar-refractivity contribution in [2.24, 2.45) is 0 Å². The second kappa shape index (κ2) is 8.84. The Hall–Kier alpha value is -2.42. The van der Waals surface area contributed by atoms with E-state index in [1.165, 1.54) is 23.5 Å². The van der Waals surface area contributed by atoms with E-state index in [9.17, 15) is 9.18 Å². The molecule has 1 N–H and O–H groups in total. The van der Waals surface area contributed by atoms with Crippen LogP contribution in [0.25, 0.3) is 10.2 Å². The van der Waals surface area contributed by atoms with Crippen molar-refractivity contribution in [2.75, 3.05) is 32.8 Å². The van der Waals surface area contributed by atoms with Gasteiger partial charge in [0, 0.05) is 30.9 Å². The maximum absolute atomic E-state index is 13.5. The minimum atomic E-state index is -0.263. The van der Waals surface area contributed by atoms with Crippen molar-refractivity contribution >= 4 is 27.5 Å². The third-order valence-electron chi connectivity index (χ3n) is 6.33. The SMILES string of the molecule is Cc1nc(C2CC2)nc2sc(C(=O)NCC(c3ccc(F)cc3)N3CCOCC3)c(C)c12. The molecule has 1 saturated heterocycles. The number of hydrogen-bond acceptors (Lipinski definition) is 6. The van der Waals surface area contributed by atoms with Gasteiger partial charge in [-0.1, -0.05) is 12.1 Å². The first kappa shape index (κ1) is 21.4. The second-order valence-electron chi connectivity index (χ2n) is 8.60. The van der Waals surface area contributed by atoms with E-state index >= 15 is 0 Å². The lowest BCUT2D eigenvalue weighted by Crippen LogP contribution is -2.43. The van der Waals surface area contributed by atoms with E-state index in [0.29, 0.717) is 30.6 Å². The monoisotopic (exact) mass is 454 g/mol. The quantitative estimate of drug-likeness (QED) is 0.607. The molecule has 0 spiro atoms. The molecule has 1 aliphatic heterocycles. The van der Waals surface area contributed by atoms with Crippen LogP contribution in [0.5, 0.6) is 0 Å². The fraction of sp³-hybridized carbons (Fsp3) is 0.458. The number of rotatable bonds is 6. The number of hydrogen-bond donors (Lipinski definition) is 1. The number of nitrogens with zero attached hydrogens (tertiary/aromatic N) is 3. The van der Waals surface area contributed by atoms with Crippen molar-refractivity contribution in [3.8, 4) is 0 Å². The number of amides is 1. The Morgan fingerprint density at radius 2 is 1.94 bits per heavy atom. The summed E-state index contributed by atoms with van der Waals surface area (Å²) < 4.78 is 19.0. The first-order valence-corrected chi connectivity index (χ1v) is 12.0. The number of aromatic nitrogens is 2. The smallest absolute Gasteiger partial charge is 0.261 e. The molecule has 1 unspecified atom stereocenters. The van der Waals surface area contributed by atoms with Gasteiger partial charge in [-0.25, -0.2) is 14.4 Å². The molecule has 1 aromatic carbocycles. The van der Waals surface area contributed by atoms with Crippen molar-refractivity contribution in [1.82, 2.24) is 20.2 Å². The molecule has 2 aliphatic rings. The van der Waals surface area contributed by atoms with Gasteiger partial charge in [-0.2, -0.15) is 0 Å². The van der Waals surface area contributed by atoms with Crippen molar-refractivity contribution < 1.29 is 13.9 Å². The lowest BCUT2D eigenvalue weighted by atomic mass is 10.0. The van der Waals surface area contributed by atoms with Gasteiger partial charge in [0.05, 0.1) is 29.8 Å². The summed E-state index contributed by atoms with van der Waals surface area (Å²) in [6, 6.07) is 6.50. The predicted octanol–water partition coefficient (Wildman–Crippen LogP) is 4.13. The van der Waals surface area contributed by atoms with Gasteiger partial charge in [0.2, 0.25) is 0 Å². The molecular weight excluding hydrogens is 427 g/mol. The van der Waals surface area contributed by atoms with Crippen LogP contribution >= 0.6 is 11.3 Å². The number of thiophene rings is 1. The predicted molar refractivity (Wildman–Crippen MR) is 123 cm³/mol. The molecule has 1 atom stereocenters. The lowest BCUT2D eigenvalue weighted by Gasteiger charge is -2.35. The molecule has 3 aromatic rings. The number of nitrogens with one attached hydrogen (secondary N) is 1. The van der Waals surface area contributed by atoms with E-state index in [-0.39, 0.29) is 17.8 Å². The molecule has 0 radical (unpaired) electrons. The molecule has 1 amide bonds. The van der Waals surface area contributed by atoms with Gasteiger partial charge in [-0.15, -0.1) is 11.3 Å². The molecule has 168 valence electrons. The van der Waals surface area contributed by atoms with E-state index in [1.807, 2.05) is 13.8 Å². The third-order valence-corrected chi connectivity index (χ3v) is 7.52. The number of fused-ring (bicyclic) bond motifs is 1. The highest BCUT2D eigenvalue weighted by molar-refractivity contribution is 7.20. The summed E-state index contributed by atoms with van der Waals surface area (Å²) in [6.45, 7) is 7.28. The lowest BCUT2D eigenvalue weighted by molar-refractivity contribution is 0.0162. The van der Waals surface area contributed by atoms with Crippen LogP contribution in [0.15, 0.2) is 24.3 Å². The Morgan fingerprint density at radius 1 is 1.22 bits per heavy atom. The number of halogens is 1. The zero-order valence-electron chi connectivity index (χ0n) is 18.4. The Labute approximate surface area is 190 Å². The van der Waals surface area contributed by atoms with E-state index in [4.69, 9.17) is 14.7 Å². The number of morpholine rings is 1. The highest BCUT2D eigenvalue weighted by Gasteiger charge is 2.29. The molecule has 3 heterocycles. The van der Waals surface area contributed by atoms with E-state index in [1.54, 1.807) is 12.1 Å². The standard InChI is InChI=1S/C24H27FN4O2S/c1-14-20-15(2)27-22(17-3-4-17)28-24(20)32-21(14)23(30)26-13-19(29-9-11-31-12-10-29)16-5-7-18(25)8-6-16/h5-8,17,19H,3-4,9-13H2,1-2H3,(H,26,30). The first-order valence-electron chi connectivity index (χ1n) is 11.1. The first-order chi connectivity index (χ1) is 15.5. The van der Waals surface area contributed by atoms with Gasteiger partial charge < -0.3 is 10.1 Å². The van der Waals surface area contributed by atoms with Crippen LogP contribution in [0, 0.1) is 19.7 Å². The molecule has 0 bridgehead atoms. The number of benzene rings is 1. The summed E-state index contributed by atoms with van der Waals surface area (Å²) in [5.41, 5.74) is 2.87. The third kappa shape index (κ3) is 4.27. The average Bonchev–Trinajstić information content (AvgIpc) is 3.59. The van der Waals surface area contributed by atoms with Crippen molar-refractivity contribution in [3.05, 3.63) is 57.6 Å². The molecule has 8 heteroatoms. The second-order valence-corrected chi connectivity index (χ2v) is 9.60. The van der Waals surface area contributed by atoms with Gasteiger partial charge in [0.15, 0.2) is 0 Å². The minimum Gasteiger partial charge on any atom is -0.379 e. The number of ether oxygens (including phenoxy) is 1. The topological polar surface area (TPSA) is 67.4 Å². The van der Waals surface area contributed by atoms with Gasteiger partial charge in [0.25, 0.3) is 5.91 Å². The molecule has 32 heavy (non-hydrogen) atoms. The molecule has 1 aliphatic carbocycles. The van der Waals surface area contributed by atoms with Crippen molar-refractivity contribution in [3.63, 3.8) is 0 Å². The molecule has 6 nitrogen and oxygen atoms in total. The Kier molecular flexibility index (Phi) is 5.92. The number of carbonyl (C=O) groups is 1. The van der Waals surface area contributed by atoms with E-state index in [0.717, 1.165) is 58.8 Å². The fourth-order valence-electron chi connectivity index (χ4n) is 4.40. The molecular formula is C24H27FN4O2S. The summed E-state index contributed by atoms with van der Waals surface area (Å²) in [7, 11) is 0. The van der Waals surface area contributed by atoms with Gasteiger partial charge in [0.1, 0.15) is 16.5 Å². The molecule has 1 saturated carbocycles. The highest BCUT2D eigenvalue weighted by atomic mass is 32.1. The van der Waals surface area contributed by atoms with Gasteiger partial charge >= 0.3 is 0 Å². The fourth-order valence-corrected chi connectivity index (χ4v) is 5.56. The molecule has 5 rings (SSSR count). The van der Waals surface area contributed by atoms with E-state index < -0.39 is 0 Å². The summed E-state index contributed by atoms with van der Waals surface area (Å²) in [6.07, 6.45) is 2.30. The van der Waals surface area contributed by atoms with Crippen LogP contribution in [0.2, 0.25) is 0 Å². The molecule has 2 fully saturated rings. The largest absolute Gasteiger partial charge is 0.379 e. The maximum Gasteiger partial charge on any atom is 0.261 e. The average molecular weight is 455 g/mol. The Balaban J connectivity index is 1.38. The van der Waals surface area contributed by atoms with Crippen LogP contribution in [0.4, 0.5) is 4.39 Å². The van der Waals surface area contributed by atoms with Gasteiger partial charge in [-0.05, 0) is 49.9 Å². The maximum atomic E-state index is 13.5. The van der Waals surface area contributed by atoms with Crippen LogP contribution < -0.4 is 5.32 Å². The van der Waals surface area contributed by atoms with Crippen molar-refractivity contribution in [2.45, 2.75) is 38.6 Å². The van der Waals surface area contributed by atoms with Crippen LogP contribution in [-0.2, 0) is 4.74 Å². The zero-order valence-corrected chi connectivity index (χ0v) is 19.2. The number of carbonyl (C=O) groups excluding carboxylic acids is 1. The van der Waals surface area contributed by atoms with Crippen molar-refractivity contribution in [1.29, 1.82) is 0 Å². The Morgan fingerprint density at radius 3 is 2.62 bits per heavy atom. The summed E-state index contributed by atoms with van der Waals surface area (Å²) in [4.78, 5) is 26.5. The summed E-state index contributed by atoms with van der Waals surface area (Å²) >= 11 is 1.44. The summed E-state index contributed by atoms with van der Waals surface area (Å²) in [5.74, 6) is 1.02. The zero-order chi connectivity index (χ0) is 22.2. The van der Waals surface area contributed by atoms with Crippen LogP contribution in [0.3, 0.4) is 0 Å².